The van der Waals surface area contributed by atoms with Gasteiger partial charge in [0.2, 0.25) is 0 Å². The molecule has 0 aliphatic heterocycles. The summed E-state index contributed by atoms with van der Waals surface area (Å²) in [6.07, 6.45) is 3.84. The third-order valence-electron chi connectivity index (χ3n) is 4.60. The lowest BCUT2D eigenvalue weighted by Crippen LogP contribution is -2.39. The lowest BCUT2D eigenvalue weighted by atomic mass is 9.86. The molecule has 2 N–H and O–H groups in total. The highest BCUT2D eigenvalue weighted by atomic mass is 16.3. The Morgan fingerprint density at radius 3 is 2.73 bits per heavy atom. The zero-order chi connectivity index (χ0) is 15.5. The molecule has 1 amide bonds. The van der Waals surface area contributed by atoms with Crippen molar-refractivity contribution in [1.82, 2.24) is 15.1 Å². The molecule has 1 fully saturated rings. The topological polar surface area (TPSA) is 67.2 Å². The standard InChI is InChI=1S/C17H23N3O2/c1-2-20-16(14-5-3-4-6-15(14)19-20)17(22)18-13-9-7-12(11-21)8-10-13/h3-6,12-13,21H,2,7-11H2,1H3,(H,18,22). The molecular weight excluding hydrogens is 278 g/mol. The molecule has 1 aromatic heterocycles. The second kappa shape index (κ2) is 6.48. The van der Waals surface area contributed by atoms with E-state index in [9.17, 15) is 9.90 Å². The van der Waals surface area contributed by atoms with Crippen molar-refractivity contribution in [3.8, 4) is 0 Å². The fourth-order valence-corrected chi connectivity index (χ4v) is 3.29. The number of hydrogen-bond acceptors (Lipinski definition) is 3. The number of carbonyl (C=O) groups is 1. The SMILES string of the molecule is CCn1nc2ccccc2c1C(=O)NC1CCC(CO)CC1. The van der Waals surface area contributed by atoms with Gasteiger partial charge in [-0.25, -0.2) is 0 Å². The van der Waals surface area contributed by atoms with E-state index < -0.39 is 0 Å². The van der Waals surface area contributed by atoms with E-state index in [0.717, 1.165) is 36.6 Å². The van der Waals surface area contributed by atoms with Gasteiger partial charge in [0.25, 0.3) is 5.91 Å². The Morgan fingerprint density at radius 2 is 2.05 bits per heavy atom. The van der Waals surface area contributed by atoms with Gasteiger partial charge in [0.1, 0.15) is 5.69 Å². The van der Waals surface area contributed by atoms with E-state index in [0.29, 0.717) is 18.2 Å². The van der Waals surface area contributed by atoms with Crippen molar-refractivity contribution < 1.29 is 9.90 Å². The molecule has 5 nitrogen and oxygen atoms in total. The molecule has 0 atom stereocenters. The van der Waals surface area contributed by atoms with Gasteiger partial charge >= 0.3 is 0 Å². The van der Waals surface area contributed by atoms with Gasteiger partial charge in [-0.1, -0.05) is 18.2 Å². The van der Waals surface area contributed by atoms with Crippen molar-refractivity contribution in [2.75, 3.05) is 6.61 Å². The van der Waals surface area contributed by atoms with Crippen LogP contribution < -0.4 is 5.32 Å². The highest BCUT2D eigenvalue weighted by Gasteiger charge is 2.24. The van der Waals surface area contributed by atoms with Crippen LogP contribution in [0.2, 0.25) is 0 Å². The van der Waals surface area contributed by atoms with Crippen molar-refractivity contribution in [3.63, 3.8) is 0 Å². The fourth-order valence-electron chi connectivity index (χ4n) is 3.29. The molecule has 0 radical (unpaired) electrons. The third-order valence-corrected chi connectivity index (χ3v) is 4.60. The predicted octanol–water partition coefficient (Wildman–Crippen LogP) is 2.34. The number of nitrogens with one attached hydrogen (secondary N) is 1. The van der Waals surface area contributed by atoms with E-state index in [1.165, 1.54) is 0 Å². The molecule has 1 aliphatic rings. The zero-order valence-corrected chi connectivity index (χ0v) is 13.0. The van der Waals surface area contributed by atoms with E-state index in [-0.39, 0.29) is 18.6 Å². The largest absolute Gasteiger partial charge is 0.396 e. The summed E-state index contributed by atoms with van der Waals surface area (Å²) in [5.74, 6) is 0.359. The first-order chi connectivity index (χ1) is 10.7. The molecule has 0 bridgehead atoms. The van der Waals surface area contributed by atoms with Crippen LogP contribution in [0.5, 0.6) is 0 Å². The van der Waals surface area contributed by atoms with Crippen LogP contribution in [0, 0.1) is 5.92 Å². The molecule has 0 saturated heterocycles. The smallest absolute Gasteiger partial charge is 0.270 e. The van der Waals surface area contributed by atoms with Gasteiger partial charge in [0, 0.05) is 24.6 Å². The van der Waals surface area contributed by atoms with Crippen LogP contribution in [0.4, 0.5) is 0 Å². The molecule has 5 heteroatoms. The average molecular weight is 301 g/mol. The van der Waals surface area contributed by atoms with Gasteiger partial charge in [-0.2, -0.15) is 5.10 Å². The molecule has 118 valence electrons. The number of amides is 1. The van der Waals surface area contributed by atoms with Crippen molar-refractivity contribution in [1.29, 1.82) is 0 Å². The first kappa shape index (κ1) is 15.0. The second-order valence-electron chi connectivity index (χ2n) is 6.06. The summed E-state index contributed by atoms with van der Waals surface area (Å²) < 4.78 is 1.78. The monoisotopic (exact) mass is 301 g/mol. The van der Waals surface area contributed by atoms with Crippen LogP contribution in [-0.2, 0) is 6.54 Å². The maximum Gasteiger partial charge on any atom is 0.270 e. The minimum Gasteiger partial charge on any atom is -0.396 e. The minimum absolute atomic E-state index is 0.0389. The Balaban J connectivity index is 1.78. The maximum atomic E-state index is 12.7. The number of rotatable bonds is 4. The lowest BCUT2D eigenvalue weighted by Gasteiger charge is -2.28. The Labute approximate surface area is 130 Å². The molecule has 3 rings (SSSR count). The zero-order valence-electron chi connectivity index (χ0n) is 13.0. The predicted molar refractivity (Wildman–Crippen MR) is 85.7 cm³/mol. The molecule has 1 heterocycles. The van der Waals surface area contributed by atoms with E-state index in [2.05, 4.69) is 10.4 Å². The van der Waals surface area contributed by atoms with Crippen LogP contribution in [-0.4, -0.2) is 33.4 Å². The summed E-state index contributed by atoms with van der Waals surface area (Å²) in [7, 11) is 0. The van der Waals surface area contributed by atoms with Gasteiger partial charge in [0.05, 0.1) is 5.52 Å². The van der Waals surface area contributed by atoms with Crippen LogP contribution in [0.25, 0.3) is 10.9 Å². The lowest BCUT2D eigenvalue weighted by molar-refractivity contribution is 0.0905. The summed E-state index contributed by atoms with van der Waals surface area (Å²) in [5.41, 5.74) is 1.51. The highest BCUT2D eigenvalue weighted by molar-refractivity contribution is 6.05. The molecule has 22 heavy (non-hydrogen) atoms. The van der Waals surface area contributed by atoms with Crippen LogP contribution in [0.1, 0.15) is 43.1 Å². The second-order valence-corrected chi connectivity index (χ2v) is 6.06. The van der Waals surface area contributed by atoms with Gasteiger partial charge in [-0.05, 0) is 44.6 Å². The van der Waals surface area contributed by atoms with Crippen molar-refractivity contribution in [2.45, 2.75) is 45.2 Å². The Bertz CT molecular complexity index is 657. The maximum absolute atomic E-state index is 12.7. The number of benzene rings is 1. The van der Waals surface area contributed by atoms with Gasteiger partial charge in [0.15, 0.2) is 0 Å². The number of nitrogens with zero attached hydrogens (tertiary/aromatic N) is 2. The van der Waals surface area contributed by atoms with Crippen molar-refractivity contribution >= 4 is 16.8 Å². The van der Waals surface area contributed by atoms with Crippen LogP contribution in [0.3, 0.4) is 0 Å². The molecule has 2 aromatic rings. The quantitative estimate of drug-likeness (QED) is 0.911. The molecule has 0 spiro atoms. The Hall–Kier alpha value is -1.88. The fraction of sp³-hybridized carbons (Fsp3) is 0.529. The van der Waals surface area contributed by atoms with Gasteiger partial charge in [-0.3, -0.25) is 9.48 Å². The van der Waals surface area contributed by atoms with E-state index in [1.54, 1.807) is 4.68 Å². The van der Waals surface area contributed by atoms with E-state index >= 15 is 0 Å². The number of hydrogen-bond donors (Lipinski definition) is 2. The van der Waals surface area contributed by atoms with E-state index in [4.69, 9.17) is 0 Å². The van der Waals surface area contributed by atoms with Crippen LogP contribution >= 0.6 is 0 Å². The number of carbonyl (C=O) groups excluding carboxylic acids is 1. The first-order valence-corrected chi connectivity index (χ1v) is 8.10. The highest BCUT2D eigenvalue weighted by Crippen LogP contribution is 2.25. The minimum atomic E-state index is -0.0389. The summed E-state index contributed by atoms with van der Waals surface area (Å²) in [4.78, 5) is 12.7. The molecule has 0 unspecified atom stereocenters. The number of aromatic nitrogens is 2. The van der Waals surface area contributed by atoms with Crippen molar-refractivity contribution in [2.24, 2.45) is 5.92 Å². The van der Waals surface area contributed by atoms with Crippen molar-refractivity contribution in [3.05, 3.63) is 30.0 Å². The molecular formula is C17H23N3O2. The summed E-state index contributed by atoms with van der Waals surface area (Å²) in [5, 5.41) is 17.8. The number of aliphatic hydroxyl groups is 1. The molecule has 1 aromatic carbocycles. The van der Waals surface area contributed by atoms with Gasteiger partial charge in [-0.15, -0.1) is 0 Å². The molecule has 1 saturated carbocycles. The van der Waals surface area contributed by atoms with E-state index in [1.807, 2.05) is 31.2 Å². The normalized spacial score (nSPS) is 21.9. The third kappa shape index (κ3) is 2.86. The Morgan fingerprint density at radius 1 is 1.32 bits per heavy atom. The summed E-state index contributed by atoms with van der Waals surface area (Å²) in [6, 6.07) is 7.96. The first-order valence-electron chi connectivity index (χ1n) is 8.10. The number of fused-ring (bicyclic) bond motifs is 1. The molecule has 1 aliphatic carbocycles. The summed E-state index contributed by atoms with van der Waals surface area (Å²) in [6.45, 7) is 2.93. The van der Waals surface area contributed by atoms with Crippen LogP contribution in [0.15, 0.2) is 24.3 Å². The average Bonchev–Trinajstić information content (AvgIpc) is 2.94. The Kier molecular flexibility index (Phi) is 4.43. The van der Waals surface area contributed by atoms with Gasteiger partial charge < -0.3 is 10.4 Å². The number of aliphatic hydroxyl groups excluding tert-OH is 1. The summed E-state index contributed by atoms with van der Waals surface area (Å²) >= 11 is 0. The number of aryl methyl sites for hydroxylation is 1.